The summed E-state index contributed by atoms with van der Waals surface area (Å²) < 4.78 is 32.0. The predicted octanol–water partition coefficient (Wildman–Crippen LogP) is 8.02. The summed E-state index contributed by atoms with van der Waals surface area (Å²) in [6, 6.07) is 27.0. The summed E-state index contributed by atoms with van der Waals surface area (Å²) in [5.74, 6) is 0.230. The molecule has 1 fully saturated rings. The first-order valence-electron chi connectivity index (χ1n) is 17.3. The smallest absolute Gasteiger partial charge is 0.255 e. The number of carbonyl (C=O) groups excluding carboxylic acids is 2. The Morgan fingerprint density at radius 1 is 0.923 bits per heavy atom. The van der Waals surface area contributed by atoms with E-state index in [0.29, 0.717) is 64.4 Å². The first-order valence-corrected chi connectivity index (χ1v) is 17.3. The van der Waals surface area contributed by atoms with E-state index in [1.54, 1.807) is 43.7 Å². The van der Waals surface area contributed by atoms with Gasteiger partial charge in [-0.1, -0.05) is 49.7 Å². The topological polar surface area (TPSA) is 116 Å². The number of ether oxygens (including phenoxy) is 2. The first kappa shape index (κ1) is 34.6. The minimum absolute atomic E-state index is 0.0925. The molecule has 0 saturated heterocycles. The fraction of sp³-hybridized carbons (Fsp3) is 0.238. The minimum atomic E-state index is -0.830. The Kier molecular flexibility index (Phi) is 9.82. The fourth-order valence-corrected chi connectivity index (χ4v) is 6.93. The van der Waals surface area contributed by atoms with Gasteiger partial charge in [-0.25, -0.2) is 14.4 Å². The zero-order chi connectivity index (χ0) is 36.2. The van der Waals surface area contributed by atoms with Crippen molar-refractivity contribution in [2.45, 2.75) is 50.9 Å². The van der Waals surface area contributed by atoms with E-state index in [0.717, 1.165) is 35.1 Å². The molecule has 0 bridgehead atoms. The van der Waals surface area contributed by atoms with Crippen molar-refractivity contribution in [3.05, 3.63) is 137 Å². The van der Waals surface area contributed by atoms with Crippen LogP contribution in [0.5, 0.6) is 5.75 Å². The zero-order valence-corrected chi connectivity index (χ0v) is 29.2. The first-order chi connectivity index (χ1) is 25.3. The van der Waals surface area contributed by atoms with Crippen LogP contribution in [-0.2, 0) is 23.3 Å². The number of rotatable bonds is 12. The van der Waals surface area contributed by atoms with E-state index < -0.39 is 5.54 Å². The van der Waals surface area contributed by atoms with E-state index in [1.807, 2.05) is 54.6 Å². The van der Waals surface area contributed by atoms with Gasteiger partial charge in [0.15, 0.2) is 5.82 Å². The van der Waals surface area contributed by atoms with Crippen molar-refractivity contribution in [1.82, 2.24) is 20.6 Å². The van der Waals surface area contributed by atoms with Gasteiger partial charge in [-0.3, -0.25) is 9.59 Å². The van der Waals surface area contributed by atoms with Crippen molar-refractivity contribution in [3.63, 3.8) is 0 Å². The highest BCUT2D eigenvalue weighted by atomic mass is 19.1. The average Bonchev–Trinajstić information content (AvgIpc) is 3.54. The summed E-state index contributed by atoms with van der Waals surface area (Å²) in [7, 11) is 3.09. The number of hydrogen-bond acceptors (Lipinski definition) is 7. The van der Waals surface area contributed by atoms with Gasteiger partial charge in [-0.05, 0) is 83.3 Å². The molecule has 10 heteroatoms. The van der Waals surface area contributed by atoms with Crippen molar-refractivity contribution in [2.75, 3.05) is 14.2 Å². The normalized spacial score (nSPS) is 16.7. The average molecular weight is 699 g/mol. The van der Waals surface area contributed by atoms with E-state index in [2.05, 4.69) is 27.5 Å². The molecule has 0 spiro atoms. The third-order valence-corrected chi connectivity index (χ3v) is 9.58. The molecule has 7 rings (SSSR count). The highest BCUT2D eigenvalue weighted by molar-refractivity contribution is 6.12. The van der Waals surface area contributed by atoms with Crippen LogP contribution in [0.3, 0.4) is 0 Å². The largest absolute Gasteiger partial charge is 0.496 e. The molecule has 1 aliphatic rings. The zero-order valence-electron chi connectivity index (χ0n) is 29.2. The Balaban J connectivity index is 1.25. The Morgan fingerprint density at radius 3 is 2.35 bits per heavy atom. The molecule has 0 aliphatic heterocycles. The molecule has 6 aromatic rings. The molecule has 1 saturated carbocycles. The van der Waals surface area contributed by atoms with Crippen LogP contribution in [0.25, 0.3) is 33.4 Å². The van der Waals surface area contributed by atoms with Gasteiger partial charge in [0.05, 0.1) is 30.9 Å². The number of nitrogens with zero attached hydrogens (tertiary/aromatic N) is 2. The Bertz CT molecular complexity index is 2220. The maximum Gasteiger partial charge on any atom is 0.255 e. The van der Waals surface area contributed by atoms with Gasteiger partial charge in [0.2, 0.25) is 0 Å². The quantitative estimate of drug-likeness (QED) is 0.133. The van der Waals surface area contributed by atoms with Gasteiger partial charge in [-0.2, -0.15) is 0 Å². The summed E-state index contributed by atoms with van der Waals surface area (Å²) in [5, 5.41) is 6.58. The molecule has 0 atom stereocenters. The van der Waals surface area contributed by atoms with Gasteiger partial charge in [0.25, 0.3) is 11.8 Å². The molecule has 0 radical (unpaired) electrons. The second-order valence-corrected chi connectivity index (χ2v) is 13.0. The standard InChI is InChI=1S/C42H39FN4O5/c1-4-9-28-21-36-33(37(40(49)44-2)38(52-36)27-12-15-30(43)16-13-27)22-32(28)29-14-17-35(50-3)34(20-29)39(48)47-42(41-45-18-8-19-46-41)23-31(24-42)51-25-26-10-6-5-7-11-26/h5-8,10-22,31H,4,9,23-25H2,1-3H3,(H,44,49)(H,47,48). The lowest BCUT2D eigenvalue weighted by molar-refractivity contribution is -0.0664. The van der Waals surface area contributed by atoms with Gasteiger partial charge >= 0.3 is 0 Å². The van der Waals surface area contributed by atoms with Crippen LogP contribution in [0.4, 0.5) is 4.39 Å². The van der Waals surface area contributed by atoms with Gasteiger partial charge in [0, 0.05) is 43.2 Å². The van der Waals surface area contributed by atoms with Crippen molar-refractivity contribution < 1.29 is 27.9 Å². The van der Waals surface area contributed by atoms with E-state index in [4.69, 9.17) is 13.9 Å². The van der Waals surface area contributed by atoms with Crippen molar-refractivity contribution >= 4 is 22.8 Å². The van der Waals surface area contributed by atoms with E-state index in [1.165, 1.54) is 19.2 Å². The monoisotopic (exact) mass is 698 g/mol. The number of furan rings is 1. The van der Waals surface area contributed by atoms with Gasteiger partial charge in [-0.15, -0.1) is 0 Å². The third kappa shape index (κ3) is 6.77. The van der Waals surface area contributed by atoms with Gasteiger partial charge in [0.1, 0.15) is 28.4 Å². The van der Waals surface area contributed by atoms with E-state index >= 15 is 0 Å². The molecule has 2 N–H and O–H groups in total. The van der Waals surface area contributed by atoms with E-state index in [9.17, 15) is 14.0 Å². The number of amides is 2. The van der Waals surface area contributed by atoms with Crippen LogP contribution in [-0.4, -0.2) is 42.0 Å². The fourth-order valence-electron chi connectivity index (χ4n) is 6.93. The molecular weight excluding hydrogens is 659 g/mol. The molecule has 2 heterocycles. The molecule has 4 aromatic carbocycles. The molecule has 264 valence electrons. The predicted molar refractivity (Wildman–Crippen MR) is 196 cm³/mol. The van der Waals surface area contributed by atoms with Crippen molar-refractivity contribution in [3.8, 4) is 28.2 Å². The number of aromatic nitrogens is 2. The van der Waals surface area contributed by atoms with Gasteiger partial charge < -0.3 is 24.5 Å². The molecule has 0 unspecified atom stereocenters. The van der Waals surface area contributed by atoms with Crippen LogP contribution >= 0.6 is 0 Å². The number of carbonyl (C=O) groups is 2. The Morgan fingerprint density at radius 2 is 1.65 bits per heavy atom. The van der Waals surface area contributed by atoms with Crippen LogP contribution in [0, 0.1) is 5.82 Å². The number of halogens is 1. The second-order valence-electron chi connectivity index (χ2n) is 13.0. The molecule has 1 aliphatic carbocycles. The summed E-state index contributed by atoms with van der Waals surface area (Å²) in [6.45, 7) is 2.55. The molecule has 2 aromatic heterocycles. The molecule has 2 amide bonds. The van der Waals surface area contributed by atoms with Crippen LogP contribution in [0.2, 0.25) is 0 Å². The van der Waals surface area contributed by atoms with Crippen LogP contribution < -0.4 is 15.4 Å². The Hall–Kier alpha value is -5.87. The highest BCUT2D eigenvalue weighted by Gasteiger charge is 2.50. The maximum atomic E-state index is 14.3. The third-order valence-electron chi connectivity index (χ3n) is 9.58. The van der Waals surface area contributed by atoms with Crippen LogP contribution in [0.1, 0.15) is 63.9 Å². The number of nitrogens with one attached hydrogen (secondary N) is 2. The molecule has 52 heavy (non-hydrogen) atoms. The maximum absolute atomic E-state index is 14.3. The molecular formula is C42H39FN4O5. The van der Waals surface area contributed by atoms with Crippen molar-refractivity contribution in [1.29, 1.82) is 0 Å². The summed E-state index contributed by atoms with van der Waals surface area (Å²) in [5.41, 5.74) is 4.66. The summed E-state index contributed by atoms with van der Waals surface area (Å²) >= 11 is 0. The number of methoxy groups -OCH3 is 1. The number of aryl methyl sites for hydroxylation is 1. The lowest BCUT2D eigenvalue weighted by Gasteiger charge is -2.46. The SMILES string of the molecule is CCCc1cc2oc(-c3ccc(F)cc3)c(C(=O)NC)c2cc1-c1ccc(OC)c(C(=O)NC2(c3ncccn3)CC(OCc3ccccc3)C2)c1. The number of benzene rings is 4. The highest BCUT2D eigenvalue weighted by Crippen LogP contribution is 2.43. The molecule has 9 nitrogen and oxygen atoms in total. The van der Waals surface area contributed by atoms with E-state index in [-0.39, 0.29) is 23.7 Å². The van der Waals surface area contributed by atoms with Crippen LogP contribution in [0.15, 0.2) is 108 Å². The minimum Gasteiger partial charge on any atom is -0.496 e. The lowest BCUT2D eigenvalue weighted by atomic mass is 9.73. The summed E-state index contributed by atoms with van der Waals surface area (Å²) in [4.78, 5) is 36.7. The summed E-state index contributed by atoms with van der Waals surface area (Å²) in [6.07, 6.45) is 5.84. The number of hydrogen-bond donors (Lipinski definition) is 2. The number of fused-ring (bicyclic) bond motifs is 1. The second kappa shape index (κ2) is 14.8. The lowest BCUT2D eigenvalue weighted by Crippen LogP contribution is -2.58. The van der Waals surface area contributed by atoms with Crippen molar-refractivity contribution in [2.24, 2.45) is 0 Å². The Labute approximate surface area is 301 Å².